The average Bonchev–Trinajstić information content (AvgIpc) is 1.84. The first-order valence-corrected chi connectivity index (χ1v) is 10.6. The normalized spacial score (nSPS) is 23.5. The van der Waals surface area contributed by atoms with Crippen LogP contribution in [0.3, 0.4) is 0 Å². The van der Waals surface area contributed by atoms with E-state index < -0.39 is 16.7 Å². The number of rotatable bonds is 0. The van der Waals surface area contributed by atoms with Gasteiger partial charge in [-0.15, -0.1) is 0 Å². The fraction of sp³-hybridized carbons (Fsp3) is 1.00. The SMILES string of the molecule is C1CCCCC1.[F][W]([F])([F])([F])([F])[F]. The maximum atomic E-state index is 9.93. The second-order valence-electron chi connectivity index (χ2n) is 3.00. The molecule has 0 unspecified atom stereocenters. The molecule has 0 N–H and O–H groups in total. The molecule has 1 rings (SSSR count). The van der Waals surface area contributed by atoms with Crippen molar-refractivity contribution in [3.8, 4) is 0 Å². The van der Waals surface area contributed by atoms with Crippen molar-refractivity contribution in [2.24, 2.45) is 0 Å². The van der Waals surface area contributed by atoms with Crippen LogP contribution in [-0.4, -0.2) is 0 Å². The molecule has 7 heteroatoms. The molecule has 0 nitrogen and oxygen atoms in total. The minimum atomic E-state index is -11.3. The van der Waals surface area contributed by atoms with Gasteiger partial charge >= 0.3 is 35.7 Å². The molecule has 0 aromatic rings. The molecule has 1 aliphatic carbocycles. The van der Waals surface area contributed by atoms with Crippen LogP contribution in [0.15, 0.2) is 0 Å². The Morgan fingerprint density at radius 3 is 0.615 bits per heavy atom. The molecule has 0 spiro atoms. The quantitative estimate of drug-likeness (QED) is 0.525. The molecular formula is C6H12F6W. The molecule has 1 fully saturated rings. The van der Waals surface area contributed by atoms with Crippen LogP contribution in [0.1, 0.15) is 38.5 Å². The Hall–Kier alpha value is 0.268. The van der Waals surface area contributed by atoms with Crippen molar-refractivity contribution in [3.05, 3.63) is 0 Å². The molecule has 0 saturated heterocycles. The van der Waals surface area contributed by atoms with Gasteiger partial charge in [0.15, 0.2) is 0 Å². The van der Waals surface area contributed by atoms with E-state index in [4.69, 9.17) is 0 Å². The van der Waals surface area contributed by atoms with Gasteiger partial charge in [0.1, 0.15) is 0 Å². The summed E-state index contributed by atoms with van der Waals surface area (Å²) in [7, 11) is 0. The van der Waals surface area contributed by atoms with Crippen molar-refractivity contribution >= 4 is 0 Å². The Kier molecular flexibility index (Phi) is 3.51. The van der Waals surface area contributed by atoms with E-state index in [0.717, 1.165) is 0 Å². The van der Waals surface area contributed by atoms with Crippen LogP contribution < -0.4 is 0 Å². The van der Waals surface area contributed by atoms with E-state index in [1.807, 2.05) is 0 Å². The zero-order chi connectivity index (χ0) is 10.7. The van der Waals surface area contributed by atoms with E-state index >= 15 is 0 Å². The van der Waals surface area contributed by atoms with Crippen molar-refractivity contribution in [1.29, 1.82) is 0 Å². The Bertz CT molecular complexity index is 127. The van der Waals surface area contributed by atoms with Crippen molar-refractivity contribution in [3.63, 3.8) is 0 Å². The van der Waals surface area contributed by atoms with Gasteiger partial charge in [0.25, 0.3) is 0 Å². The van der Waals surface area contributed by atoms with E-state index in [-0.39, 0.29) is 0 Å². The van der Waals surface area contributed by atoms with Gasteiger partial charge in [-0.1, -0.05) is 38.5 Å². The second-order valence-corrected chi connectivity index (χ2v) is 9.28. The molecule has 1 saturated carbocycles. The summed E-state index contributed by atoms with van der Waals surface area (Å²) in [5.74, 6) is 0. The second kappa shape index (κ2) is 3.44. The third-order valence-corrected chi connectivity index (χ3v) is 1.50. The molecule has 84 valence electrons. The van der Waals surface area contributed by atoms with Crippen LogP contribution in [0.5, 0.6) is 0 Å². The van der Waals surface area contributed by atoms with E-state index in [1.165, 1.54) is 38.5 Å². The molecule has 0 aliphatic heterocycles. The summed E-state index contributed by atoms with van der Waals surface area (Å²) in [5, 5.41) is 0. The molecule has 0 radical (unpaired) electrons. The fourth-order valence-corrected chi connectivity index (χ4v) is 1.06. The third-order valence-electron chi connectivity index (χ3n) is 1.50. The first-order chi connectivity index (χ1) is 5.45. The van der Waals surface area contributed by atoms with Gasteiger partial charge in [0, 0.05) is 0 Å². The standard InChI is InChI=1S/C6H12.6FH.W/c1-2-4-6-5-3-1;;;;;;;/h1-6H2;6*1H;/q;;;;;;;+6/p-6. The topological polar surface area (TPSA) is 0 Å². The Labute approximate surface area is 74.7 Å². The number of hydrogen-bond donors (Lipinski definition) is 0. The van der Waals surface area contributed by atoms with Crippen LogP contribution in [0.2, 0.25) is 0 Å². The first kappa shape index (κ1) is 13.3. The zero-order valence-electron chi connectivity index (χ0n) is 6.92. The molecular weight excluding hydrogens is 370 g/mol. The van der Waals surface area contributed by atoms with E-state index in [2.05, 4.69) is 0 Å². The van der Waals surface area contributed by atoms with E-state index in [1.54, 1.807) is 0 Å². The van der Waals surface area contributed by atoms with Gasteiger partial charge < -0.3 is 0 Å². The summed E-state index contributed by atoms with van der Waals surface area (Å²) in [6.07, 6.45) is 9.00. The van der Waals surface area contributed by atoms with Crippen LogP contribution in [0, 0.1) is 0 Å². The Morgan fingerprint density at radius 2 is 0.538 bits per heavy atom. The van der Waals surface area contributed by atoms with Gasteiger partial charge in [-0.2, -0.15) is 0 Å². The monoisotopic (exact) mass is 382 g/mol. The summed E-state index contributed by atoms with van der Waals surface area (Å²) < 4.78 is 59.6. The third kappa shape index (κ3) is 32.9. The van der Waals surface area contributed by atoms with Crippen LogP contribution in [0.4, 0.5) is 18.9 Å². The molecule has 0 heterocycles. The number of hydrogen-bond acceptors (Lipinski definition) is 0. The summed E-state index contributed by atoms with van der Waals surface area (Å²) in [5.41, 5.74) is 0. The predicted molar refractivity (Wildman–Crippen MR) is 34.3 cm³/mol. The van der Waals surface area contributed by atoms with Gasteiger partial charge in [-0.25, -0.2) is 0 Å². The first-order valence-electron chi connectivity index (χ1n) is 3.93. The minimum absolute atomic E-state index is 1.50. The van der Waals surface area contributed by atoms with E-state index in [9.17, 15) is 18.9 Å². The summed E-state index contributed by atoms with van der Waals surface area (Å²) in [4.78, 5) is 0. The number of halogens is 6. The predicted octanol–water partition coefficient (Wildman–Crippen LogP) is 4.86. The Morgan fingerprint density at radius 1 is 0.462 bits per heavy atom. The van der Waals surface area contributed by atoms with Crippen LogP contribution in [-0.2, 0) is 16.7 Å². The summed E-state index contributed by atoms with van der Waals surface area (Å²) >= 11 is -11.3. The fourth-order valence-electron chi connectivity index (χ4n) is 1.06. The molecule has 0 aromatic carbocycles. The molecule has 0 bridgehead atoms. The van der Waals surface area contributed by atoms with Crippen molar-refractivity contribution in [1.82, 2.24) is 0 Å². The van der Waals surface area contributed by atoms with Gasteiger partial charge in [0.05, 0.1) is 0 Å². The van der Waals surface area contributed by atoms with Crippen LogP contribution in [0.25, 0.3) is 0 Å². The van der Waals surface area contributed by atoms with E-state index in [0.29, 0.717) is 0 Å². The van der Waals surface area contributed by atoms with Crippen LogP contribution >= 0.6 is 0 Å². The molecule has 0 atom stereocenters. The molecule has 0 aromatic heterocycles. The van der Waals surface area contributed by atoms with Gasteiger partial charge in [-0.3, -0.25) is 0 Å². The summed E-state index contributed by atoms with van der Waals surface area (Å²) in [6, 6.07) is 0. The molecule has 1 aliphatic rings. The summed E-state index contributed by atoms with van der Waals surface area (Å²) in [6.45, 7) is 0. The average molecular weight is 382 g/mol. The van der Waals surface area contributed by atoms with Gasteiger partial charge in [-0.05, 0) is 0 Å². The zero-order valence-corrected chi connectivity index (χ0v) is 9.85. The van der Waals surface area contributed by atoms with Crippen molar-refractivity contribution in [2.75, 3.05) is 0 Å². The van der Waals surface area contributed by atoms with Crippen molar-refractivity contribution < 1.29 is 35.7 Å². The van der Waals surface area contributed by atoms with Gasteiger partial charge in [0.2, 0.25) is 0 Å². The molecule has 13 heavy (non-hydrogen) atoms. The maximum absolute atomic E-state index is 11.3. The Balaban J connectivity index is 0.000000223. The molecule has 0 amide bonds. The van der Waals surface area contributed by atoms with Crippen molar-refractivity contribution in [2.45, 2.75) is 38.5 Å².